The average Bonchev–Trinajstić information content (AvgIpc) is 2.43. The molecule has 10 heteroatoms. The van der Waals surface area contributed by atoms with Crippen LogP contribution in [0.15, 0.2) is 17.1 Å². The Kier molecular flexibility index (Phi) is 8.93. The third kappa shape index (κ3) is 5.49. The zero-order chi connectivity index (χ0) is 13.8. The van der Waals surface area contributed by atoms with E-state index in [1.54, 1.807) is 24.4 Å². The third-order valence-electron chi connectivity index (χ3n) is 2.90. The van der Waals surface area contributed by atoms with E-state index >= 15 is 0 Å². The van der Waals surface area contributed by atoms with Gasteiger partial charge in [0.15, 0.2) is 0 Å². The van der Waals surface area contributed by atoms with Crippen LogP contribution in [0.4, 0.5) is 10.6 Å². The van der Waals surface area contributed by atoms with Crippen molar-refractivity contribution in [2.45, 2.75) is 0 Å². The summed E-state index contributed by atoms with van der Waals surface area (Å²) in [5, 5.41) is 2.56. The number of anilines is 1. The number of amides is 3. The molecule has 3 N–H and O–H groups in total. The molecule has 1 aromatic heterocycles. The van der Waals surface area contributed by atoms with Crippen molar-refractivity contribution in [3.63, 3.8) is 0 Å². The quantitative estimate of drug-likeness (QED) is 0.454. The Bertz CT molecular complexity index is 541. The van der Waals surface area contributed by atoms with Gasteiger partial charge in [-0.05, 0) is 6.07 Å². The number of aromatic nitrogens is 2. The van der Waals surface area contributed by atoms with Crippen molar-refractivity contribution in [1.29, 1.82) is 0 Å². The fraction of sp³-hybridized carbons (Fsp3) is 0.455. The van der Waals surface area contributed by atoms with E-state index < -0.39 is 5.69 Å². The molecule has 0 radical (unpaired) electrons. The maximum absolute atomic E-state index is 11.9. The summed E-state index contributed by atoms with van der Waals surface area (Å²) in [7, 11) is 1.58. The maximum atomic E-state index is 11.9. The monoisotopic (exact) mass is 319 g/mol. The van der Waals surface area contributed by atoms with Crippen LogP contribution >= 0.6 is 0 Å². The minimum Gasteiger partial charge on any atom is -0.693 e. The standard InChI is InChI=1S/C11H14N5O3.K.H2N/c1-14-3-2-9(12-10(14)18)13-11(19)16-6-4-15(8-17)5-7-16;;/h2-3H,4-7H2,1H3,(H,12,13,18,19);;1H2/q-1;+1;-1. The molecule has 0 bridgehead atoms. The molecular weight excluding hydrogens is 303 g/mol. The van der Waals surface area contributed by atoms with Crippen LogP contribution < -0.4 is 62.4 Å². The maximum Gasteiger partial charge on any atom is 1.00 e. The summed E-state index contributed by atoms with van der Waals surface area (Å²) in [4.78, 5) is 40.4. The molecule has 0 unspecified atom stereocenters. The fourth-order valence-electron chi connectivity index (χ4n) is 1.72. The zero-order valence-electron chi connectivity index (χ0n) is 12.1. The van der Waals surface area contributed by atoms with Crippen molar-refractivity contribution < 1.29 is 61.0 Å². The first-order valence-electron chi connectivity index (χ1n) is 5.82. The van der Waals surface area contributed by atoms with E-state index in [4.69, 9.17) is 0 Å². The zero-order valence-corrected chi connectivity index (χ0v) is 15.2. The van der Waals surface area contributed by atoms with Crippen LogP contribution in [0.1, 0.15) is 0 Å². The summed E-state index contributed by atoms with van der Waals surface area (Å²) in [6, 6.07) is 1.22. The van der Waals surface area contributed by atoms with E-state index in [1.165, 1.54) is 15.7 Å². The van der Waals surface area contributed by atoms with Crippen molar-refractivity contribution in [1.82, 2.24) is 19.4 Å². The molecule has 1 aromatic rings. The number of nitrogens with two attached hydrogens (primary N) is 1. The number of nitrogens with one attached hydrogen (secondary N) is 1. The van der Waals surface area contributed by atoms with Crippen molar-refractivity contribution in [2.75, 3.05) is 31.5 Å². The van der Waals surface area contributed by atoms with Gasteiger partial charge in [-0.15, -0.1) is 0 Å². The van der Waals surface area contributed by atoms with Crippen LogP contribution in [0.25, 0.3) is 6.15 Å². The van der Waals surface area contributed by atoms with Gasteiger partial charge in [-0.3, -0.25) is 5.32 Å². The first-order valence-corrected chi connectivity index (χ1v) is 5.82. The molecule has 0 aliphatic carbocycles. The van der Waals surface area contributed by atoms with Gasteiger partial charge in [-0.25, -0.2) is 9.59 Å². The second-order valence-corrected chi connectivity index (χ2v) is 4.20. The van der Waals surface area contributed by atoms with E-state index in [9.17, 15) is 14.4 Å². The molecule has 1 fully saturated rings. The molecule has 110 valence electrons. The minimum absolute atomic E-state index is 0. The van der Waals surface area contributed by atoms with Gasteiger partial charge in [0.25, 0.3) is 0 Å². The third-order valence-corrected chi connectivity index (χ3v) is 2.90. The minimum atomic E-state index is -0.432. The van der Waals surface area contributed by atoms with Gasteiger partial charge in [0.1, 0.15) is 5.82 Å². The number of carbonyl (C=O) groups is 1. The topological polar surface area (TPSA) is 121 Å². The SMILES string of the molecule is Cn1ccc(NC(=O)N2CCN([C-]=O)CC2)nc1=O.[K+].[NH2-]. The van der Waals surface area contributed by atoms with Crippen molar-refractivity contribution >= 4 is 18.3 Å². The van der Waals surface area contributed by atoms with Gasteiger partial charge in [-0.2, -0.15) is 11.4 Å². The smallest absolute Gasteiger partial charge is 0.693 e. The van der Waals surface area contributed by atoms with E-state index in [-0.39, 0.29) is 69.4 Å². The molecule has 9 nitrogen and oxygen atoms in total. The van der Waals surface area contributed by atoms with Gasteiger partial charge in [0.05, 0.1) is 0 Å². The van der Waals surface area contributed by atoms with Crippen LogP contribution in [0, 0.1) is 0 Å². The summed E-state index contributed by atoms with van der Waals surface area (Å²) >= 11 is 0. The Morgan fingerprint density at radius 1 is 1.33 bits per heavy atom. The first-order chi connectivity index (χ1) is 9.10. The summed E-state index contributed by atoms with van der Waals surface area (Å²) in [5.41, 5.74) is -0.432. The second-order valence-electron chi connectivity index (χ2n) is 4.20. The molecule has 2 rings (SSSR count). The summed E-state index contributed by atoms with van der Waals surface area (Å²) in [6.07, 6.45) is 3.33. The van der Waals surface area contributed by atoms with Crippen LogP contribution in [-0.4, -0.2) is 58.0 Å². The van der Waals surface area contributed by atoms with E-state index in [0.29, 0.717) is 26.2 Å². The average molecular weight is 319 g/mol. The van der Waals surface area contributed by atoms with Crippen molar-refractivity contribution in [3.8, 4) is 0 Å². The molecule has 1 aliphatic heterocycles. The Hall–Kier alpha value is -0.784. The predicted molar refractivity (Wildman–Crippen MR) is 72.6 cm³/mol. The van der Waals surface area contributed by atoms with Gasteiger partial charge in [0.2, 0.25) is 0 Å². The number of nitrogens with zero attached hydrogens (tertiary/aromatic N) is 4. The number of carbonyl (C=O) groups excluding carboxylic acids is 2. The molecule has 0 spiro atoms. The molecule has 2 heterocycles. The van der Waals surface area contributed by atoms with Gasteiger partial charge in [0, 0.05) is 39.4 Å². The number of aryl methyl sites for hydroxylation is 1. The van der Waals surface area contributed by atoms with Gasteiger partial charge >= 0.3 is 63.1 Å². The Morgan fingerprint density at radius 2 is 1.95 bits per heavy atom. The molecule has 0 atom stereocenters. The summed E-state index contributed by atoms with van der Waals surface area (Å²) in [5.74, 6) is 0.220. The molecule has 1 saturated heterocycles. The number of piperazine rings is 1. The van der Waals surface area contributed by atoms with Crippen LogP contribution in [0.5, 0.6) is 0 Å². The predicted octanol–water partition coefficient (Wildman–Crippen LogP) is -3.28. The number of rotatable bonds is 2. The van der Waals surface area contributed by atoms with Gasteiger partial charge in [-0.1, -0.05) is 0 Å². The van der Waals surface area contributed by atoms with E-state index in [1.807, 2.05) is 0 Å². The van der Waals surface area contributed by atoms with Gasteiger partial charge < -0.3 is 25.3 Å². The molecule has 21 heavy (non-hydrogen) atoms. The van der Waals surface area contributed by atoms with Crippen molar-refractivity contribution in [3.05, 3.63) is 28.9 Å². The van der Waals surface area contributed by atoms with Crippen LogP contribution in [-0.2, 0) is 11.8 Å². The van der Waals surface area contributed by atoms with E-state index in [0.717, 1.165) is 0 Å². The summed E-state index contributed by atoms with van der Waals surface area (Å²) in [6.45, 7) is 1.79. The van der Waals surface area contributed by atoms with Crippen molar-refractivity contribution in [2.24, 2.45) is 7.05 Å². The number of urea groups is 1. The molecule has 3 amide bonds. The van der Waals surface area contributed by atoms with Crippen LogP contribution in [0.2, 0.25) is 0 Å². The normalized spacial score (nSPS) is 13.8. The number of hydrogen-bond acceptors (Lipinski definition) is 4. The molecule has 1 aliphatic rings. The molecule has 0 aromatic carbocycles. The number of hydrogen-bond donors (Lipinski definition) is 1. The Morgan fingerprint density at radius 3 is 2.48 bits per heavy atom. The van der Waals surface area contributed by atoms with E-state index in [2.05, 4.69) is 10.3 Å². The largest absolute Gasteiger partial charge is 1.00 e. The summed E-state index contributed by atoms with van der Waals surface area (Å²) < 4.78 is 1.31. The Labute approximate surface area is 164 Å². The second kappa shape index (κ2) is 9.28. The first kappa shape index (κ1) is 20.2. The molecular formula is C11H16KN6O3-. The Balaban J connectivity index is 0.00000200. The molecule has 0 saturated carbocycles. The van der Waals surface area contributed by atoms with Crippen LogP contribution in [0.3, 0.4) is 0 Å². The fourth-order valence-corrected chi connectivity index (χ4v) is 1.72.